The van der Waals surface area contributed by atoms with Crippen molar-refractivity contribution in [3.8, 4) is 0 Å². The standard InChI is InChI=1S/C10H23NO3Si/c1-15(2,3)9-8-14-10(13)11-6-4-5-7-12/h12H,4-9H2,1-3H3,(H,11,13). The van der Waals surface area contributed by atoms with Crippen LogP contribution in [-0.4, -0.2) is 39.0 Å². The Morgan fingerprint density at radius 3 is 2.53 bits per heavy atom. The number of hydrogen-bond donors (Lipinski definition) is 2. The highest BCUT2D eigenvalue weighted by atomic mass is 28.3. The van der Waals surface area contributed by atoms with Crippen molar-refractivity contribution in [1.82, 2.24) is 5.32 Å². The smallest absolute Gasteiger partial charge is 0.407 e. The van der Waals surface area contributed by atoms with Crippen molar-refractivity contribution in [2.75, 3.05) is 19.8 Å². The number of aliphatic hydroxyl groups excluding tert-OH is 1. The number of hydrogen-bond acceptors (Lipinski definition) is 3. The van der Waals surface area contributed by atoms with Crippen molar-refractivity contribution < 1.29 is 14.6 Å². The summed E-state index contributed by atoms with van der Waals surface area (Å²) < 4.78 is 5.02. The fourth-order valence-corrected chi connectivity index (χ4v) is 1.64. The quantitative estimate of drug-likeness (QED) is 0.521. The molecule has 0 aromatic rings. The van der Waals surface area contributed by atoms with Gasteiger partial charge in [-0.1, -0.05) is 19.6 Å². The molecule has 0 aromatic carbocycles. The van der Waals surface area contributed by atoms with E-state index >= 15 is 0 Å². The topological polar surface area (TPSA) is 58.6 Å². The summed E-state index contributed by atoms with van der Waals surface area (Å²) >= 11 is 0. The van der Waals surface area contributed by atoms with Crippen LogP contribution < -0.4 is 5.32 Å². The van der Waals surface area contributed by atoms with Gasteiger partial charge in [-0.2, -0.15) is 0 Å². The average Bonchev–Trinajstić information content (AvgIpc) is 2.10. The lowest BCUT2D eigenvalue weighted by Gasteiger charge is -2.15. The number of ether oxygens (including phenoxy) is 1. The summed E-state index contributed by atoms with van der Waals surface area (Å²) in [4.78, 5) is 11.1. The van der Waals surface area contributed by atoms with Gasteiger partial charge in [-0.3, -0.25) is 0 Å². The Kier molecular flexibility index (Phi) is 7.42. The molecule has 0 aliphatic heterocycles. The fraction of sp³-hybridized carbons (Fsp3) is 0.900. The minimum Gasteiger partial charge on any atom is -0.450 e. The number of amides is 1. The second kappa shape index (κ2) is 7.70. The molecule has 0 aliphatic carbocycles. The minimum absolute atomic E-state index is 0.173. The molecule has 0 radical (unpaired) electrons. The third kappa shape index (κ3) is 11.4. The summed E-state index contributed by atoms with van der Waals surface area (Å²) in [7, 11) is -1.11. The lowest BCUT2D eigenvalue weighted by molar-refractivity contribution is 0.151. The number of nitrogens with one attached hydrogen (secondary N) is 1. The van der Waals surface area contributed by atoms with Crippen LogP contribution in [0.4, 0.5) is 4.79 Å². The summed E-state index contributed by atoms with van der Waals surface area (Å²) in [5.74, 6) is 0. The van der Waals surface area contributed by atoms with Crippen LogP contribution in [0.25, 0.3) is 0 Å². The van der Waals surface area contributed by atoms with Crippen LogP contribution in [0, 0.1) is 0 Å². The van der Waals surface area contributed by atoms with E-state index in [0.29, 0.717) is 13.2 Å². The molecule has 0 atom stereocenters. The Morgan fingerprint density at radius 1 is 1.33 bits per heavy atom. The molecule has 4 nitrogen and oxygen atoms in total. The first-order chi connectivity index (χ1) is 6.95. The average molecular weight is 233 g/mol. The summed E-state index contributed by atoms with van der Waals surface area (Å²) in [6.45, 7) is 8.00. The van der Waals surface area contributed by atoms with Crippen molar-refractivity contribution in [2.45, 2.75) is 38.5 Å². The van der Waals surface area contributed by atoms with Crippen molar-refractivity contribution in [3.05, 3.63) is 0 Å². The molecular weight excluding hydrogens is 210 g/mol. The number of carbonyl (C=O) groups excluding carboxylic acids is 1. The molecule has 0 saturated carbocycles. The van der Waals surface area contributed by atoms with Gasteiger partial charge in [0.2, 0.25) is 0 Å². The predicted octanol–water partition coefficient (Wildman–Crippen LogP) is 1.82. The van der Waals surface area contributed by atoms with Gasteiger partial charge in [0, 0.05) is 21.2 Å². The van der Waals surface area contributed by atoms with Crippen LogP contribution in [0.3, 0.4) is 0 Å². The summed E-state index contributed by atoms with van der Waals surface area (Å²) in [6, 6.07) is 0.997. The molecule has 0 aliphatic rings. The summed E-state index contributed by atoms with van der Waals surface area (Å²) in [6.07, 6.45) is 1.17. The maximum Gasteiger partial charge on any atom is 0.407 e. The van der Waals surface area contributed by atoms with Gasteiger partial charge in [0.1, 0.15) is 0 Å². The molecule has 0 unspecified atom stereocenters. The van der Waals surface area contributed by atoms with E-state index in [9.17, 15) is 4.79 Å². The molecule has 2 N–H and O–H groups in total. The zero-order chi connectivity index (χ0) is 11.7. The van der Waals surface area contributed by atoms with Gasteiger partial charge in [0.15, 0.2) is 0 Å². The SMILES string of the molecule is C[Si](C)(C)CCOC(=O)NCCCCO. The van der Waals surface area contributed by atoms with Crippen LogP contribution in [0.2, 0.25) is 25.7 Å². The van der Waals surface area contributed by atoms with Gasteiger partial charge in [0.05, 0.1) is 6.61 Å². The first-order valence-electron chi connectivity index (χ1n) is 5.47. The summed E-state index contributed by atoms with van der Waals surface area (Å²) in [5, 5.41) is 11.2. The number of unbranched alkanes of at least 4 members (excludes halogenated alkanes) is 1. The summed E-state index contributed by atoms with van der Waals surface area (Å²) in [5.41, 5.74) is 0. The van der Waals surface area contributed by atoms with Crippen LogP contribution in [0.5, 0.6) is 0 Å². The zero-order valence-corrected chi connectivity index (χ0v) is 11.0. The highest BCUT2D eigenvalue weighted by Gasteiger charge is 2.13. The maximum atomic E-state index is 11.1. The van der Waals surface area contributed by atoms with Crippen molar-refractivity contribution >= 4 is 14.2 Å². The molecule has 0 rings (SSSR count). The van der Waals surface area contributed by atoms with Gasteiger partial charge in [-0.15, -0.1) is 0 Å². The van der Waals surface area contributed by atoms with Crippen LogP contribution in [-0.2, 0) is 4.74 Å². The van der Waals surface area contributed by atoms with E-state index in [0.717, 1.165) is 18.9 Å². The van der Waals surface area contributed by atoms with E-state index in [-0.39, 0.29) is 12.7 Å². The Hall–Kier alpha value is -0.553. The lowest BCUT2D eigenvalue weighted by atomic mass is 10.3. The largest absolute Gasteiger partial charge is 0.450 e. The molecule has 5 heteroatoms. The maximum absolute atomic E-state index is 11.1. The number of rotatable bonds is 7. The Bertz CT molecular complexity index is 180. The predicted molar refractivity (Wildman–Crippen MR) is 63.8 cm³/mol. The van der Waals surface area contributed by atoms with Crippen LogP contribution in [0.15, 0.2) is 0 Å². The monoisotopic (exact) mass is 233 g/mol. The normalized spacial score (nSPS) is 11.2. The highest BCUT2D eigenvalue weighted by Crippen LogP contribution is 2.07. The van der Waals surface area contributed by atoms with Gasteiger partial charge < -0.3 is 15.2 Å². The van der Waals surface area contributed by atoms with Crippen molar-refractivity contribution in [2.24, 2.45) is 0 Å². The van der Waals surface area contributed by atoms with E-state index in [1.54, 1.807) is 0 Å². The van der Waals surface area contributed by atoms with Gasteiger partial charge in [0.25, 0.3) is 0 Å². The number of carbonyl (C=O) groups is 1. The molecular formula is C10H23NO3Si. The molecule has 0 heterocycles. The Morgan fingerprint density at radius 2 is 2.00 bits per heavy atom. The van der Waals surface area contributed by atoms with E-state index in [1.165, 1.54) is 0 Å². The van der Waals surface area contributed by atoms with Crippen LogP contribution >= 0.6 is 0 Å². The molecule has 90 valence electrons. The van der Waals surface area contributed by atoms with Crippen molar-refractivity contribution in [3.63, 3.8) is 0 Å². The second-order valence-corrected chi connectivity index (χ2v) is 10.4. The third-order valence-electron chi connectivity index (χ3n) is 1.94. The lowest BCUT2D eigenvalue weighted by Crippen LogP contribution is -2.28. The number of aliphatic hydroxyl groups is 1. The van der Waals surface area contributed by atoms with Crippen LogP contribution in [0.1, 0.15) is 12.8 Å². The molecule has 0 saturated heterocycles. The molecule has 1 amide bonds. The minimum atomic E-state index is -1.11. The van der Waals surface area contributed by atoms with E-state index in [2.05, 4.69) is 25.0 Å². The molecule has 0 spiro atoms. The van der Waals surface area contributed by atoms with Crippen molar-refractivity contribution in [1.29, 1.82) is 0 Å². The van der Waals surface area contributed by atoms with Gasteiger partial charge in [-0.25, -0.2) is 4.79 Å². The van der Waals surface area contributed by atoms with E-state index in [4.69, 9.17) is 9.84 Å². The Balaban J connectivity index is 3.34. The fourth-order valence-electron chi connectivity index (χ4n) is 0.928. The van der Waals surface area contributed by atoms with Gasteiger partial charge in [-0.05, 0) is 18.9 Å². The number of alkyl carbamates (subject to hydrolysis) is 1. The Labute approximate surface area is 93.0 Å². The first-order valence-corrected chi connectivity index (χ1v) is 9.18. The molecule has 15 heavy (non-hydrogen) atoms. The van der Waals surface area contributed by atoms with E-state index in [1.807, 2.05) is 0 Å². The molecule has 0 fully saturated rings. The zero-order valence-electron chi connectivity index (χ0n) is 10.0. The highest BCUT2D eigenvalue weighted by molar-refractivity contribution is 6.76. The first kappa shape index (κ1) is 14.4. The third-order valence-corrected chi connectivity index (χ3v) is 3.64. The van der Waals surface area contributed by atoms with E-state index < -0.39 is 8.07 Å². The second-order valence-electron chi connectivity index (χ2n) is 4.80. The molecule has 0 aromatic heterocycles. The molecule has 0 bridgehead atoms. The van der Waals surface area contributed by atoms with Gasteiger partial charge >= 0.3 is 6.09 Å².